The number of anilines is 1. The number of aryl methyl sites for hydroxylation is 1. The molecule has 0 amide bonds. The highest BCUT2D eigenvalue weighted by atomic mass is 16.5. The van der Waals surface area contributed by atoms with Crippen LogP contribution in [0.15, 0.2) is 41.1 Å². The normalized spacial score (nSPS) is 19.0. The van der Waals surface area contributed by atoms with Crippen molar-refractivity contribution in [2.45, 2.75) is 38.1 Å². The molecule has 29 heavy (non-hydrogen) atoms. The number of nitrogens with zero attached hydrogens (tertiary/aromatic N) is 6. The lowest BCUT2D eigenvalue weighted by molar-refractivity contribution is 0.414. The van der Waals surface area contributed by atoms with Crippen molar-refractivity contribution in [1.82, 2.24) is 29.9 Å². The van der Waals surface area contributed by atoms with Gasteiger partial charge >= 0.3 is 0 Å². The summed E-state index contributed by atoms with van der Waals surface area (Å²) in [6.45, 7) is 1.92. The zero-order valence-corrected chi connectivity index (χ0v) is 16.2. The van der Waals surface area contributed by atoms with Gasteiger partial charge in [-0.3, -0.25) is 0 Å². The molecule has 3 aromatic heterocycles. The fourth-order valence-electron chi connectivity index (χ4n) is 3.78. The number of fused-ring (bicyclic) bond motifs is 1. The van der Waals surface area contributed by atoms with Crippen LogP contribution in [0.5, 0.6) is 5.75 Å². The minimum atomic E-state index is 0.273. The van der Waals surface area contributed by atoms with Crippen LogP contribution in [0.4, 0.5) is 5.95 Å². The molecule has 9 heteroatoms. The van der Waals surface area contributed by atoms with Crippen LogP contribution in [0.25, 0.3) is 16.9 Å². The third-order valence-corrected chi connectivity index (χ3v) is 5.26. The van der Waals surface area contributed by atoms with Crippen LogP contribution in [0.2, 0.25) is 0 Å². The molecule has 0 spiro atoms. The van der Waals surface area contributed by atoms with Gasteiger partial charge < -0.3 is 14.5 Å². The smallest absolute Gasteiger partial charge is 0.225 e. The van der Waals surface area contributed by atoms with E-state index < -0.39 is 0 Å². The van der Waals surface area contributed by atoms with Gasteiger partial charge in [-0.1, -0.05) is 5.21 Å². The van der Waals surface area contributed by atoms with Gasteiger partial charge in [-0.05, 0) is 50.5 Å². The Morgan fingerprint density at radius 2 is 2.00 bits per heavy atom. The summed E-state index contributed by atoms with van der Waals surface area (Å²) in [6.07, 6.45) is 6.47. The van der Waals surface area contributed by atoms with Crippen LogP contribution in [0.1, 0.15) is 36.8 Å². The Bertz CT molecular complexity index is 1140. The van der Waals surface area contributed by atoms with Crippen molar-refractivity contribution >= 4 is 17.1 Å². The second-order valence-corrected chi connectivity index (χ2v) is 7.26. The van der Waals surface area contributed by atoms with Crippen LogP contribution >= 0.6 is 0 Å². The SMILES string of the molecule is COc1ccc(-n2nnc3cnc(NC4CCC(c5ncc(C)o5)C4)nc32)cc1. The first-order valence-electron chi connectivity index (χ1n) is 9.61. The molecular formula is C20H21N7O2. The minimum Gasteiger partial charge on any atom is -0.497 e. The fraction of sp³-hybridized carbons (Fsp3) is 0.350. The number of ether oxygens (including phenoxy) is 1. The average molecular weight is 391 g/mol. The number of oxazole rings is 1. The van der Waals surface area contributed by atoms with Crippen molar-refractivity contribution in [2.75, 3.05) is 12.4 Å². The maximum atomic E-state index is 5.70. The molecular weight excluding hydrogens is 370 g/mol. The van der Waals surface area contributed by atoms with Crippen LogP contribution in [0, 0.1) is 6.92 Å². The van der Waals surface area contributed by atoms with E-state index in [0.29, 0.717) is 23.0 Å². The Kier molecular flexibility index (Phi) is 4.34. The number of hydrogen-bond donors (Lipinski definition) is 1. The molecule has 2 unspecified atom stereocenters. The molecule has 1 fully saturated rings. The molecule has 1 aromatic carbocycles. The van der Waals surface area contributed by atoms with Gasteiger partial charge in [-0.15, -0.1) is 5.10 Å². The Balaban J connectivity index is 1.36. The molecule has 0 radical (unpaired) electrons. The lowest BCUT2D eigenvalue weighted by atomic mass is 10.1. The molecule has 0 saturated heterocycles. The summed E-state index contributed by atoms with van der Waals surface area (Å²) in [6, 6.07) is 7.87. The molecule has 1 aliphatic rings. The number of nitrogens with one attached hydrogen (secondary N) is 1. The van der Waals surface area contributed by atoms with Crippen molar-refractivity contribution in [3.05, 3.63) is 48.3 Å². The second kappa shape index (κ2) is 7.16. The third-order valence-electron chi connectivity index (χ3n) is 5.26. The van der Waals surface area contributed by atoms with Gasteiger partial charge in [0.25, 0.3) is 0 Å². The Morgan fingerprint density at radius 1 is 1.14 bits per heavy atom. The summed E-state index contributed by atoms with van der Waals surface area (Å²) in [5.74, 6) is 3.36. The minimum absolute atomic E-state index is 0.273. The Hall–Kier alpha value is -3.49. The number of rotatable bonds is 5. The molecule has 0 bridgehead atoms. The van der Waals surface area contributed by atoms with E-state index in [9.17, 15) is 0 Å². The first-order chi connectivity index (χ1) is 14.2. The average Bonchev–Trinajstić information content (AvgIpc) is 3.47. The van der Waals surface area contributed by atoms with E-state index in [2.05, 4.69) is 30.6 Å². The first-order valence-corrected chi connectivity index (χ1v) is 9.61. The lowest BCUT2D eigenvalue weighted by Gasteiger charge is -2.12. The molecule has 4 aromatic rings. The van der Waals surface area contributed by atoms with Gasteiger partial charge in [0.2, 0.25) is 5.95 Å². The molecule has 1 saturated carbocycles. The number of aromatic nitrogens is 6. The van der Waals surface area contributed by atoms with Crippen molar-refractivity contribution in [1.29, 1.82) is 0 Å². The summed E-state index contributed by atoms with van der Waals surface area (Å²) >= 11 is 0. The summed E-state index contributed by atoms with van der Waals surface area (Å²) < 4.78 is 12.6. The van der Waals surface area contributed by atoms with E-state index in [4.69, 9.17) is 9.15 Å². The van der Waals surface area contributed by atoms with Crippen molar-refractivity contribution < 1.29 is 9.15 Å². The molecule has 148 valence electrons. The quantitative estimate of drug-likeness (QED) is 0.553. The molecule has 1 N–H and O–H groups in total. The molecule has 3 heterocycles. The number of benzene rings is 1. The molecule has 5 rings (SSSR count). The summed E-state index contributed by atoms with van der Waals surface area (Å²) in [4.78, 5) is 13.5. The molecule has 1 aliphatic carbocycles. The molecule has 2 atom stereocenters. The second-order valence-electron chi connectivity index (χ2n) is 7.26. The Labute approximate surface area is 167 Å². The highest BCUT2D eigenvalue weighted by Crippen LogP contribution is 2.35. The van der Waals surface area contributed by atoms with E-state index >= 15 is 0 Å². The number of methoxy groups -OCH3 is 1. The standard InChI is InChI=1S/C20H21N7O2/c1-12-10-21-19(29-12)13-3-4-14(9-13)23-20-22-11-17-18(24-20)27(26-25-17)15-5-7-16(28-2)8-6-15/h5-8,10-11,13-14H,3-4,9H2,1-2H3,(H,22,23,24). The zero-order valence-electron chi connectivity index (χ0n) is 16.2. The van der Waals surface area contributed by atoms with Gasteiger partial charge in [0.15, 0.2) is 17.1 Å². The largest absolute Gasteiger partial charge is 0.497 e. The monoisotopic (exact) mass is 391 g/mol. The van der Waals surface area contributed by atoms with Crippen LogP contribution in [-0.2, 0) is 0 Å². The van der Waals surface area contributed by atoms with E-state index in [-0.39, 0.29) is 6.04 Å². The predicted octanol–water partition coefficient (Wildman–Crippen LogP) is 3.26. The highest BCUT2D eigenvalue weighted by Gasteiger charge is 2.29. The highest BCUT2D eigenvalue weighted by molar-refractivity contribution is 5.72. The van der Waals surface area contributed by atoms with Gasteiger partial charge in [0, 0.05) is 12.0 Å². The van der Waals surface area contributed by atoms with E-state index in [0.717, 1.165) is 42.4 Å². The third kappa shape index (κ3) is 3.39. The van der Waals surface area contributed by atoms with Crippen molar-refractivity contribution in [3.8, 4) is 11.4 Å². The van der Waals surface area contributed by atoms with Gasteiger partial charge in [0.05, 0.1) is 25.2 Å². The van der Waals surface area contributed by atoms with Gasteiger partial charge in [-0.2, -0.15) is 9.67 Å². The maximum Gasteiger partial charge on any atom is 0.225 e. The van der Waals surface area contributed by atoms with E-state index in [1.54, 1.807) is 24.2 Å². The van der Waals surface area contributed by atoms with Crippen LogP contribution < -0.4 is 10.1 Å². The summed E-state index contributed by atoms with van der Waals surface area (Å²) in [7, 11) is 1.64. The molecule has 0 aliphatic heterocycles. The molecule has 9 nitrogen and oxygen atoms in total. The van der Waals surface area contributed by atoms with E-state index in [1.165, 1.54) is 0 Å². The first kappa shape index (κ1) is 17.6. The lowest BCUT2D eigenvalue weighted by Crippen LogP contribution is -2.17. The summed E-state index contributed by atoms with van der Waals surface area (Å²) in [5.41, 5.74) is 2.16. The Morgan fingerprint density at radius 3 is 2.76 bits per heavy atom. The fourth-order valence-corrected chi connectivity index (χ4v) is 3.78. The predicted molar refractivity (Wildman–Crippen MR) is 106 cm³/mol. The summed E-state index contributed by atoms with van der Waals surface area (Å²) in [5, 5.41) is 11.8. The van der Waals surface area contributed by atoms with Crippen LogP contribution in [0.3, 0.4) is 0 Å². The van der Waals surface area contributed by atoms with Gasteiger partial charge in [-0.25, -0.2) is 9.97 Å². The van der Waals surface area contributed by atoms with Gasteiger partial charge in [0.1, 0.15) is 11.5 Å². The van der Waals surface area contributed by atoms with Crippen LogP contribution in [-0.4, -0.2) is 43.1 Å². The number of hydrogen-bond acceptors (Lipinski definition) is 8. The van der Waals surface area contributed by atoms with E-state index in [1.807, 2.05) is 31.2 Å². The van der Waals surface area contributed by atoms with Crippen molar-refractivity contribution in [2.24, 2.45) is 0 Å². The topological polar surface area (TPSA) is 104 Å². The zero-order chi connectivity index (χ0) is 19.8. The van der Waals surface area contributed by atoms with Crippen molar-refractivity contribution in [3.63, 3.8) is 0 Å². The maximum absolute atomic E-state index is 5.70.